The van der Waals surface area contributed by atoms with Crippen molar-refractivity contribution in [1.82, 2.24) is 14.6 Å². The lowest BCUT2D eigenvalue weighted by Gasteiger charge is -2.39. The minimum absolute atomic E-state index is 0.0810. The van der Waals surface area contributed by atoms with E-state index in [1.807, 2.05) is 5.43 Å². The number of carbonyl (C=O) groups is 2. The van der Waals surface area contributed by atoms with Gasteiger partial charge in [0.15, 0.2) is 0 Å². The van der Waals surface area contributed by atoms with Gasteiger partial charge in [0.1, 0.15) is 11.4 Å². The lowest BCUT2D eigenvalue weighted by Crippen LogP contribution is -2.48. The topological polar surface area (TPSA) is 128 Å². The first-order valence-corrected chi connectivity index (χ1v) is 10.7. The average molecular weight is 444 g/mol. The molecule has 1 atom stereocenters. The van der Waals surface area contributed by atoms with E-state index in [1.54, 1.807) is 25.7 Å². The van der Waals surface area contributed by atoms with Crippen molar-refractivity contribution in [1.29, 1.82) is 0 Å². The van der Waals surface area contributed by atoms with Crippen molar-refractivity contribution < 1.29 is 27.5 Å². The Kier molecular flexibility index (Phi) is 8.30. The van der Waals surface area contributed by atoms with Crippen LogP contribution in [0.5, 0.6) is 0 Å². The highest BCUT2D eigenvalue weighted by Gasteiger charge is 2.30. The van der Waals surface area contributed by atoms with E-state index < -0.39 is 34.7 Å². The van der Waals surface area contributed by atoms with Gasteiger partial charge in [-0.1, -0.05) is 6.07 Å². The summed E-state index contributed by atoms with van der Waals surface area (Å²) in [6.45, 7) is 6.21. The molecular formula is C19H28FN4O5S-. The molecule has 1 aromatic carbocycles. The molecule has 1 aromatic rings. The Hall–Kier alpha value is -2.08. The van der Waals surface area contributed by atoms with Crippen molar-refractivity contribution in [2.24, 2.45) is 5.84 Å². The SMILES string of the molecule is CC(C)(C)OC(=O)N1CCC(N(CCc2ccc(C(=O)NN)cc2F)S(=O)[O-])CC1. The van der Waals surface area contributed by atoms with E-state index in [1.165, 1.54) is 16.4 Å². The molecule has 0 aromatic heterocycles. The molecule has 1 heterocycles. The molecule has 3 N–H and O–H groups in total. The number of likely N-dealkylation sites (tertiary alicyclic amines) is 1. The molecule has 1 unspecified atom stereocenters. The monoisotopic (exact) mass is 443 g/mol. The molecule has 1 fully saturated rings. The maximum Gasteiger partial charge on any atom is 0.410 e. The molecule has 9 nitrogen and oxygen atoms in total. The summed E-state index contributed by atoms with van der Waals surface area (Å²) in [6, 6.07) is 3.65. The summed E-state index contributed by atoms with van der Waals surface area (Å²) in [7, 11) is 0. The number of hydrogen-bond acceptors (Lipinski definition) is 6. The second kappa shape index (κ2) is 10.3. The van der Waals surface area contributed by atoms with E-state index in [2.05, 4.69) is 0 Å². The number of nitrogens with zero attached hydrogens (tertiary/aromatic N) is 2. The smallest absolute Gasteiger partial charge is 0.410 e. The van der Waals surface area contributed by atoms with Crippen LogP contribution in [0.4, 0.5) is 9.18 Å². The Bertz CT molecular complexity index is 794. The standard InChI is InChI=1S/C19H29FN4O5S/c1-19(2,3)29-18(26)23-9-7-15(8-10-23)24(30(27)28)11-6-13-4-5-14(12-16(13)20)17(25)22-21/h4-5,12,15H,6-11,21H2,1-3H3,(H,22,25)(H,27,28)/p-1. The van der Waals surface area contributed by atoms with E-state index >= 15 is 0 Å². The third kappa shape index (κ3) is 6.73. The molecule has 1 aliphatic heterocycles. The predicted molar refractivity (Wildman–Crippen MR) is 108 cm³/mol. The molecule has 0 radical (unpaired) electrons. The Balaban J connectivity index is 1.95. The number of amides is 2. The van der Waals surface area contributed by atoms with E-state index in [-0.39, 0.29) is 24.6 Å². The number of hydrazine groups is 1. The Morgan fingerprint density at radius 1 is 1.37 bits per heavy atom. The van der Waals surface area contributed by atoms with Gasteiger partial charge in [-0.05, 0) is 57.7 Å². The number of hydrogen-bond donors (Lipinski definition) is 2. The zero-order valence-corrected chi connectivity index (χ0v) is 18.2. The van der Waals surface area contributed by atoms with Gasteiger partial charge >= 0.3 is 6.09 Å². The summed E-state index contributed by atoms with van der Waals surface area (Å²) >= 11 is -2.49. The normalized spacial score (nSPS) is 16.4. The molecule has 1 saturated heterocycles. The zero-order valence-electron chi connectivity index (χ0n) is 17.4. The molecule has 0 spiro atoms. The second-order valence-electron chi connectivity index (χ2n) is 8.09. The van der Waals surface area contributed by atoms with Crippen LogP contribution in [0.15, 0.2) is 18.2 Å². The number of ether oxygens (including phenoxy) is 1. The molecule has 168 valence electrons. The lowest BCUT2D eigenvalue weighted by molar-refractivity contribution is 0.0177. The van der Waals surface area contributed by atoms with Crippen molar-refractivity contribution in [3.8, 4) is 0 Å². The van der Waals surface area contributed by atoms with Gasteiger partial charge in [0, 0.05) is 42.5 Å². The number of rotatable bonds is 6. The number of halogens is 1. The molecule has 30 heavy (non-hydrogen) atoms. The van der Waals surface area contributed by atoms with Crippen LogP contribution >= 0.6 is 0 Å². The number of piperidine rings is 1. The molecule has 2 rings (SSSR count). The number of nitrogens with one attached hydrogen (secondary N) is 1. The van der Waals surface area contributed by atoms with Gasteiger partial charge in [0.05, 0.1) is 0 Å². The molecule has 0 aliphatic carbocycles. The van der Waals surface area contributed by atoms with Gasteiger partial charge in [0.2, 0.25) is 0 Å². The van der Waals surface area contributed by atoms with Crippen molar-refractivity contribution >= 4 is 23.3 Å². The lowest BCUT2D eigenvalue weighted by atomic mass is 10.0. The summed E-state index contributed by atoms with van der Waals surface area (Å²) in [5.41, 5.74) is 1.71. The highest BCUT2D eigenvalue weighted by molar-refractivity contribution is 7.76. The first kappa shape index (κ1) is 24.2. The predicted octanol–water partition coefficient (Wildman–Crippen LogP) is 1.47. The fraction of sp³-hybridized carbons (Fsp3) is 0.579. The zero-order chi connectivity index (χ0) is 22.5. The van der Waals surface area contributed by atoms with Crippen LogP contribution in [0.2, 0.25) is 0 Å². The second-order valence-corrected chi connectivity index (χ2v) is 8.99. The summed E-state index contributed by atoms with van der Waals surface area (Å²) in [5.74, 6) is 3.82. The first-order chi connectivity index (χ1) is 14.0. The van der Waals surface area contributed by atoms with Gasteiger partial charge in [-0.2, -0.15) is 0 Å². The van der Waals surface area contributed by atoms with Crippen molar-refractivity contribution in [2.45, 2.75) is 51.7 Å². The van der Waals surface area contributed by atoms with Gasteiger partial charge in [0.25, 0.3) is 5.91 Å². The van der Waals surface area contributed by atoms with E-state index in [4.69, 9.17) is 10.6 Å². The molecular weight excluding hydrogens is 415 g/mol. The third-order valence-electron chi connectivity index (χ3n) is 4.76. The van der Waals surface area contributed by atoms with Crippen LogP contribution in [0.1, 0.15) is 49.5 Å². The molecule has 11 heteroatoms. The minimum Gasteiger partial charge on any atom is -0.760 e. The summed E-state index contributed by atoms with van der Waals surface area (Å²) in [4.78, 5) is 25.2. The number of benzene rings is 1. The van der Waals surface area contributed by atoms with Crippen LogP contribution in [-0.2, 0) is 22.4 Å². The number of carbonyl (C=O) groups excluding carboxylic acids is 2. The fourth-order valence-corrected chi connectivity index (χ4v) is 3.94. The molecule has 0 saturated carbocycles. The quantitative estimate of drug-likeness (QED) is 0.297. The molecule has 1 aliphatic rings. The Labute approximate surface area is 178 Å². The van der Waals surface area contributed by atoms with Crippen LogP contribution < -0.4 is 11.3 Å². The average Bonchev–Trinajstić information content (AvgIpc) is 2.67. The van der Waals surface area contributed by atoms with Crippen LogP contribution in [0.25, 0.3) is 0 Å². The van der Waals surface area contributed by atoms with Gasteiger partial charge in [-0.3, -0.25) is 14.4 Å². The summed E-state index contributed by atoms with van der Waals surface area (Å²) in [6.07, 6.45) is 0.659. The van der Waals surface area contributed by atoms with Crippen LogP contribution in [0.3, 0.4) is 0 Å². The summed E-state index contributed by atoms with van der Waals surface area (Å²) < 4.78 is 44.4. The van der Waals surface area contributed by atoms with Gasteiger partial charge in [-0.25, -0.2) is 19.3 Å². The third-order valence-corrected chi connectivity index (χ3v) is 5.63. The highest BCUT2D eigenvalue weighted by Crippen LogP contribution is 2.21. The fourth-order valence-electron chi connectivity index (χ4n) is 3.25. The van der Waals surface area contributed by atoms with E-state index in [0.29, 0.717) is 31.5 Å². The first-order valence-electron chi connectivity index (χ1n) is 9.65. The largest absolute Gasteiger partial charge is 0.760 e. The Morgan fingerprint density at radius 3 is 2.50 bits per heavy atom. The van der Waals surface area contributed by atoms with Crippen molar-refractivity contribution in [3.63, 3.8) is 0 Å². The number of nitrogen functional groups attached to an aromatic ring is 1. The van der Waals surface area contributed by atoms with E-state index in [9.17, 15) is 22.7 Å². The maximum absolute atomic E-state index is 14.3. The molecule has 0 bridgehead atoms. The Morgan fingerprint density at radius 2 is 2.00 bits per heavy atom. The van der Waals surface area contributed by atoms with Crippen molar-refractivity contribution in [3.05, 3.63) is 35.1 Å². The van der Waals surface area contributed by atoms with E-state index in [0.717, 1.165) is 6.07 Å². The maximum atomic E-state index is 14.3. The van der Waals surface area contributed by atoms with Gasteiger partial charge in [-0.15, -0.1) is 0 Å². The molecule has 2 amide bonds. The highest BCUT2D eigenvalue weighted by atomic mass is 32.2. The van der Waals surface area contributed by atoms with Crippen LogP contribution in [-0.4, -0.2) is 61.2 Å². The van der Waals surface area contributed by atoms with Crippen LogP contribution in [0, 0.1) is 5.82 Å². The number of nitrogens with two attached hydrogens (primary N) is 1. The summed E-state index contributed by atoms with van der Waals surface area (Å²) in [5, 5.41) is 0. The van der Waals surface area contributed by atoms with Gasteiger partial charge < -0.3 is 14.2 Å². The minimum atomic E-state index is -2.49. The van der Waals surface area contributed by atoms with Crippen molar-refractivity contribution in [2.75, 3.05) is 19.6 Å².